The maximum absolute atomic E-state index is 10.1. The molecule has 0 amide bonds. The van der Waals surface area contributed by atoms with Crippen LogP contribution in [0.25, 0.3) is 0 Å². The van der Waals surface area contributed by atoms with E-state index in [1.807, 2.05) is 22.6 Å². The number of H-pyrrole nitrogens is 1. The van der Waals surface area contributed by atoms with Crippen LogP contribution >= 0.6 is 22.6 Å². The second-order valence-electron chi connectivity index (χ2n) is 1.38. The molecule has 9 heavy (non-hydrogen) atoms. The number of hydrogen-bond acceptors (Lipinski definition) is 2. The first-order valence-electron chi connectivity index (χ1n) is 2.14. The summed E-state index contributed by atoms with van der Waals surface area (Å²) < 4.78 is 0.727. The molecule has 0 radical (unpaired) electrons. The molecule has 0 spiro atoms. The normalized spacial score (nSPS) is 9.44. The lowest BCUT2D eigenvalue weighted by molar-refractivity contribution is 0.0684. The van der Waals surface area contributed by atoms with Gasteiger partial charge in [0, 0.05) is 0 Å². The van der Waals surface area contributed by atoms with Gasteiger partial charge in [0.05, 0.1) is 9.90 Å². The second-order valence-corrected chi connectivity index (χ2v) is 2.55. The number of carboxylic acid groups (broad SMARTS) is 1. The minimum atomic E-state index is -1.03. The van der Waals surface area contributed by atoms with Crippen molar-refractivity contribution in [1.82, 2.24) is 9.97 Å². The molecular formula is C4H3IN2O2. The van der Waals surface area contributed by atoms with E-state index in [0.717, 1.165) is 3.70 Å². The lowest BCUT2D eigenvalue weighted by Crippen LogP contribution is -1.97. The van der Waals surface area contributed by atoms with Crippen LogP contribution in [-0.2, 0) is 0 Å². The smallest absolute Gasteiger partial charge is 0.371 e. The first-order chi connectivity index (χ1) is 4.20. The van der Waals surface area contributed by atoms with Crippen LogP contribution in [-0.4, -0.2) is 21.0 Å². The summed E-state index contributed by atoms with van der Waals surface area (Å²) in [6, 6.07) is 0. The third-order valence-corrected chi connectivity index (χ3v) is 1.30. The van der Waals surface area contributed by atoms with Crippen LogP contribution in [0, 0.1) is 3.70 Å². The van der Waals surface area contributed by atoms with Gasteiger partial charge in [-0.2, -0.15) is 0 Å². The zero-order valence-corrected chi connectivity index (χ0v) is 6.42. The Hall–Kier alpha value is -0.590. The summed E-state index contributed by atoms with van der Waals surface area (Å²) in [7, 11) is 0. The van der Waals surface area contributed by atoms with Gasteiger partial charge in [-0.05, 0) is 22.6 Å². The number of carboxylic acids is 1. The van der Waals surface area contributed by atoms with Crippen LogP contribution < -0.4 is 0 Å². The highest BCUT2D eigenvalue weighted by Gasteiger charge is 2.04. The molecule has 0 atom stereocenters. The number of nitrogens with one attached hydrogen (secondary N) is 1. The Bertz CT molecular complexity index is 232. The Balaban J connectivity index is 2.98. The Morgan fingerprint density at radius 2 is 2.56 bits per heavy atom. The molecule has 5 heteroatoms. The summed E-state index contributed by atoms with van der Waals surface area (Å²) in [5, 5.41) is 8.30. The Labute approximate surface area is 64.4 Å². The third-order valence-electron chi connectivity index (χ3n) is 0.747. The fourth-order valence-corrected chi connectivity index (χ4v) is 0.802. The monoisotopic (exact) mass is 238 g/mol. The highest BCUT2D eigenvalue weighted by molar-refractivity contribution is 14.1. The number of aromatic nitrogens is 2. The number of aromatic amines is 1. The molecule has 0 aliphatic rings. The van der Waals surface area contributed by atoms with Crippen molar-refractivity contribution < 1.29 is 9.90 Å². The van der Waals surface area contributed by atoms with Crippen molar-refractivity contribution in [1.29, 1.82) is 0 Å². The number of hydrogen-bond donors (Lipinski definition) is 2. The number of rotatable bonds is 1. The molecule has 1 heterocycles. The van der Waals surface area contributed by atoms with Gasteiger partial charge in [-0.25, -0.2) is 9.78 Å². The summed E-state index contributed by atoms with van der Waals surface area (Å²) in [6.07, 6.45) is 1.46. The van der Waals surface area contributed by atoms with Gasteiger partial charge in [-0.15, -0.1) is 0 Å². The van der Waals surface area contributed by atoms with E-state index in [1.165, 1.54) is 6.20 Å². The molecule has 0 fully saturated rings. The van der Waals surface area contributed by atoms with E-state index < -0.39 is 5.97 Å². The van der Waals surface area contributed by atoms with E-state index in [1.54, 1.807) is 0 Å². The van der Waals surface area contributed by atoms with Crippen molar-refractivity contribution >= 4 is 28.6 Å². The predicted octanol–water partition coefficient (Wildman–Crippen LogP) is 0.712. The van der Waals surface area contributed by atoms with E-state index in [9.17, 15) is 4.79 Å². The molecule has 0 aliphatic heterocycles. The molecule has 0 saturated carbocycles. The van der Waals surface area contributed by atoms with Crippen LogP contribution in [0.3, 0.4) is 0 Å². The molecule has 48 valence electrons. The zero-order valence-electron chi connectivity index (χ0n) is 4.26. The highest BCUT2D eigenvalue weighted by Crippen LogP contribution is 1.99. The molecule has 0 saturated heterocycles. The lowest BCUT2D eigenvalue weighted by Gasteiger charge is -1.80. The number of nitrogens with zero attached hydrogens (tertiary/aromatic N) is 1. The molecule has 0 aromatic carbocycles. The molecule has 4 nitrogen and oxygen atoms in total. The maximum atomic E-state index is 10.1. The Morgan fingerprint density at radius 1 is 1.89 bits per heavy atom. The molecule has 1 rings (SSSR count). The largest absolute Gasteiger partial charge is 0.475 e. The predicted molar refractivity (Wildman–Crippen MR) is 38.3 cm³/mol. The average Bonchev–Trinajstić information content (AvgIpc) is 2.14. The molecule has 1 aromatic heterocycles. The average molecular weight is 238 g/mol. The van der Waals surface area contributed by atoms with Crippen LogP contribution in [0.4, 0.5) is 0 Å². The lowest BCUT2D eigenvalue weighted by atomic mass is 10.6. The van der Waals surface area contributed by atoms with E-state index in [-0.39, 0.29) is 5.82 Å². The van der Waals surface area contributed by atoms with Crippen LogP contribution in [0.15, 0.2) is 6.20 Å². The van der Waals surface area contributed by atoms with Gasteiger partial charge in [0.2, 0.25) is 5.82 Å². The van der Waals surface area contributed by atoms with Gasteiger partial charge in [0.25, 0.3) is 0 Å². The van der Waals surface area contributed by atoms with E-state index in [2.05, 4.69) is 9.97 Å². The fraction of sp³-hybridized carbons (Fsp3) is 0. The van der Waals surface area contributed by atoms with Gasteiger partial charge in [-0.3, -0.25) is 0 Å². The Morgan fingerprint density at radius 3 is 2.78 bits per heavy atom. The standard InChI is InChI=1S/C4H3IN2O2/c5-2-1-6-3(7-2)4(8)9/h1H,(H,6,7)(H,8,9). The van der Waals surface area contributed by atoms with Crippen LogP contribution in [0.5, 0.6) is 0 Å². The van der Waals surface area contributed by atoms with E-state index >= 15 is 0 Å². The van der Waals surface area contributed by atoms with Crippen LogP contribution in [0.1, 0.15) is 10.6 Å². The minimum absolute atomic E-state index is 0.0144. The zero-order chi connectivity index (χ0) is 6.85. The maximum Gasteiger partial charge on any atom is 0.371 e. The third kappa shape index (κ3) is 1.41. The second kappa shape index (κ2) is 2.34. The topological polar surface area (TPSA) is 66.0 Å². The SMILES string of the molecule is O=C(O)c1ncc(I)[nH]1. The van der Waals surface area contributed by atoms with Gasteiger partial charge < -0.3 is 10.1 Å². The number of carbonyl (C=O) groups is 1. The molecule has 0 aliphatic carbocycles. The minimum Gasteiger partial charge on any atom is -0.475 e. The van der Waals surface area contributed by atoms with Gasteiger partial charge in [0.1, 0.15) is 0 Å². The quantitative estimate of drug-likeness (QED) is 0.708. The van der Waals surface area contributed by atoms with Crippen molar-refractivity contribution in [3.8, 4) is 0 Å². The highest BCUT2D eigenvalue weighted by atomic mass is 127. The van der Waals surface area contributed by atoms with Crippen molar-refractivity contribution in [2.45, 2.75) is 0 Å². The van der Waals surface area contributed by atoms with Crippen molar-refractivity contribution in [2.75, 3.05) is 0 Å². The van der Waals surface area contributed by atoms with E-state index in [0.29, 0.717) is 0 Å². The van der Waals surface area contributed by atoms with Gasteiger partial charge in [-0.1, -0.05) is 0 Å². The summed E-state index contributed by atoms with van der Waals surface area (Å²) in [6.45, 7) is 0. The summed E-state index contributed by atoms with van der Waals surface area (Å²) >= 11 is 1.95. The van der Waals surface area contributed by atoms with Gasteiger partial charge >= 0.3 is 5.97 Å². The molecule has 0 bridgehead atoms. The molecule has 2 N–H and O–H groups in total. The van der Waals surface area contributed by atoms with Crippen LogP contribution in [0.2, 0.25) is 0 Å². The van der Waals surface area contributed by atoms with Gasteiger partial charge in [0.15, 0.2) is 0 Å². The Kier molecular flexibility index (Phi) is 1.70. The fourth-order valence-electron chi connectivity index (χ4n) is 0.408. The number of imidazole rings is 1. The summed E-state index contributed by atoms with van der Waals surface area (Å²) in [4.78, 5) is 16.2. The number of aromatic carboxylic acids is 1. The summed E-state index contributed by atoms with van der Waals surface area (Å²) in [5.74, 6) is -1.04. The molecular weight excluding hydrogens is 235 g/mol. The van der Waals surface area contributed by atoms with E-state index in [4.69, 9.17) is 5.11 Å². The molecule has 1 aromatic rings. The molecule has 0 unspecified atom stereocenters. The van der Waals surface area contributed by atoms with Crippen molar-refractivity contribution in [2.24, 2.45) is 0 Å². The first-order valence-corrected chi connectivity index (χ1v) is 3.22. The van der Waals surface area contributed by atoms with Crippen molar-refractivity contribution in [3.63, 3.8) is 0 Å². The van der Waals surface area contributed by atoms with Crippen molar-refractivity contribution in [3.05, 3.63) is 15.7 Å². The number of halogens is 1. The summed E-state index contributed by atoms with van der Waals surface area (Å²) in [5.41, 5.74) is 0. The first kappa shape index (κ1) is 6.53.